The van der Waals surface area contributed by atoms with E-state index in [0.29, 0.717) is 12.0 Å². The van der Waals surface area contributed by atoms with Gasteiger partial charge in [0, 0.05) is 12.1 Å². The van der Waals surface area contributed by atoms with E-state index in [9.17, 15) is 14.5 Å². The lowest BCUT2D eigenvalue weighted by Crippen LogP contribution is -2.17. The second-order valence-corrected chi connectivity index (χ2v) is 3.22. The summed E-state index contributed by atoms with van der Waals surface area (Å²) in [5.41, 5.74) is 5.70. The second-order valence-electron chi connectivity index (χ2n) is 3.22. The van der Waals surface area contributed by atoms with Gasteiger partial charge in [-0.15, -0.1) is 0 Å². The average molecular weight is 198 g/mol. The molecule has 2 N–H and O–H groups in total. The van der Waals surface area contributed by atoms with Crippen molar-refractivity contribution in [2.75, 3.05) is 0 Å². The summed E-state index contributed by atoms with van der Waals surface area (Å²) in [5, 5.41) is 10.4. The van der Waals surface area contributed by atoms with Gasteiger partial charge in [-0.25, -0.2) is 0 Å². The van der Waals surface area contributed by atoms with Gasteiger partial charge in [0.2, 0.25) is 5.82 Å². The Morgan fingerprint density at radius 1 is 1.64 bits per heavy atom. The molecule has 0 saturated heterocycles. The number of benzene rings is 1. The van der Waals surface area contributed by atoms with Gasteiger partial charge in [0.05, 0.1) is 4.92 Å². The summed E-state index contributed by atoms with van der Waals surface area (Å²) >= 11 is 0. The van der Waals surface area contributed by atoms with E-state index < -0.39 is 16.4 Å². The van der Waals surface area contributed by atoms with Crippen LogP contribution in [0.1, 0.15) is 12.5 Å². The molecule has 1 rings (SSSR count). The molecule has 0 aliphatic rings. The fraction of sp³-hybridized carbons (Fsp3) is 0.333. The molecule has 0 fully saturated rings. The molecule has 1 aromatic rings. The second kappa shape index (κ2) is 4.15. The number of rotatable bonds is 3. The number of hydrogen-bond acceptors (Lipinski definition) is 3. The molecule has 0 aliphatic heterocycles. The van der Waals surface area contributed by atoms with Crippen LogP contribution in [0, 0.1) is 15.9 Å². The van der Waals surface area contributed by atoms with Gasteiger partial charge < -0.3 is 5.73 Å². The molecule has 1 aromatic carbocycles. The summed E-state index contributed by atoms with van der Waals surface area (Å²) in [7, 11) is 0. The van der Waals surface area contributed by atoms with Crippen LogP contribution < -0.4 is 5.73 Å². The predicted molar refractivity (Wildman–Crippen MR) is 50.4 cm³/mol. The molecule has 5 heteroatoms. The van der Waals surface area contributed by atoms with E-state index in [2.05, 4.69) is 0 Å². The van der Waals surface area contributed by atoms with Crippen LogP contribution in [0.3, 0.4) is 0 Å². The third-order valence-electron chi connectivity index (χ3n) is 1.76. The first-order valence-corrected chi connectivity index (χ1v) is 4.19. The normalized spacial score (nSPS) is 12.5. The lowest BCUT2D eigenvalue weighted by atomic mass is 10.1. The van der Waals surface area contributed by atoms with E-state index in [1.54, 1.807) is 6.92 Å². The van der Waals surface area contributed by atoms with Crippen molar-refractivity contribution in [3.8, 4) is 0 Å². The maximum atomic E-state index is 12.9. The third-order valence-corrected chi connectivity index (χ3v) is 1.76. The van der Waals surface area contributed by atoms with Gasteiger partial charge in [-0.2, -0.15) is 4.39 Å². The molecule has 0 radical (unpaired) electrons. The zero-order valence-electron chi connectivity index (χ0n) is 7.74. The minimum Gasteiger partial charge on any atom is -0.328 e. The zero-order valence-corrected chi connectivity index (χ0v) is 7.74. The number of hydrogen-bond donors (Lipinski definition) is 1. The van der Waals surface area contributed by atoms with Crippen molar-refractivity contribution in [1.82, 2.24) is 0 Å². The van der Waals surface area contributed by atoms with E-state index in [4.69, 9.17) is 5.73 Å². The van der Waals surface area contributed by atoms with Crippen molar-refractivity contribution in [2.24, 2.45) is 5.73 Å². The molecule has 14 heavy (non-hydrogen) atoms. The quantitative estimate of drug-likeness (QED) is 0.592. The van der Waals surface area contributed by atoms with Crippen LogP contribution in [0.25, 0.3) is 0 Å². The van der Waals surface area contributed by atoms with E-state index in [-0.39, 0.29) is 6.04 Å². The van der Waals surface area contributed by atoms with Gasteiger partial charge in [-0.3, -0.25) is 10.1 Å². The van der Waals surface area contributed by atoms with Crippen molar-refractivity contribution in [2.45, 2.75) is 19.4 Å². The van der Waals surface area contributed by atoms with Crippen molar-refractivity contribution in [3.63, 3.8) is 0 Å². The Bertz CT molecular complexity index is 353. The van der Waals surface area contributed by atoms with Crippen LogP contribution in [-0.2, 0) is 6.42 Å². The molecule has 0 amide bonds. The van der Waals surface area contributed by atoms with Crippen LogP contribution in [0.4, 0.5) is 10.1 Å². The number of nitro benzene ring substituents is 1. The van der Waals surface area contributed by atoms with Crippen molar-refractivity contribution >= 4 is 5.69 Å². The fourth-order valence-electron chi connectivity index (χ4n) is 1.20. The van der Waals surface area contributed by atoms with Gasteiger partial charge in [0.15, 0.2) is 0 Å². The number of nitrogens with two attached hydrogens (primary N) is 1. The van der Waals surface area contributed by atoms with Crippen LogP contribution in [-0.4, -0.2) is 11.0 Å². The molecule has 0 heterocycles. The zero-order chi connectivity index (χ0) is 10.7. The summed E-state index contributed by atoms with van der Waals surface area (Å²) < 4.78 is 12.9. The Morgan fingerprint density at radius 3 is 2.79 bits per heavy atom. The molecule has 0 bridgehead atoms. The van der Waals surface area contributed by atoms with Crippen LogP contribution in [0.2, 0.25) is 0 Å². The molecular weight excluding hydrogens is 187 g/mol. The summed E-state index contributed by atoms with van der Waals surface area (Å²) in [6.45, 7) is 1.79. The highest BCUT2D eigenvalue weighted by Crippen LogP contribution is 2.18. The first-order valence-electron chi connectivity index (χ1n) is 4.19. The SMILES string of the molecule is C[C@H](N)Cc1ccc(F)c([N+](=O)[O-])c1. The van der Waals surface area contributed by atoms with Crippen LogP contribution in [0.15, 0.2) is 18.2 Å². The van der Waals surface area contributed by atoms with E-state index in [1.807, 2.05) is 0 Å². The third kappa shape index (κ3) is 2.50. The molecule has 0 aromatic heterocycles. The van der Waals surface area contributed by atoms with Gasteiger partial charge >= 0.3 is 5.69 Å². The fourth-order valence-corrected chi connectivity index (χ4v) is 1.20. The van der Waals surface area contributed by atoms with E-state index in [1.165, 1.54) is 12.1 Å². The molecule has 0 aliphatic carbocycles. The monoisotopic (exact) mass is 198 g/mol. The lowest BCUT2D eigenvalue weighted by molar-refractivity contribution is -0.387. The molecule has 0 unspecified atom stereocenters. The van der Waals surface area contributed by atoms with Gasteiger partial charge in [-0.05, 0) is 25.0 Å². The van der Waals surface area contributed by atoms with Crippen LogP contribution in [0.5, 0.6) is 0 Å². The molecule has 0 spiro atoms. The highest BCUT2D eigenvalue weighted by molar-refractivity contribution is 5.36. The van der Waals surface area contributed by atoms with Crippen LogP contribution >= 0.6 is 0 Å². The summed E-state index contributed by atoms with van der Waals surface area (Å²) in [6, 6.07) is 3.72. The minimum atomic E-state index is -0.816. The summed E-state index contributed by atoms with van der Waals surface area (Å²) in [6.07, 6.45) is 0.501. The molecular formula is C9H11FN2O2. The highest BCUT2D eigenvalue weighted by Gasteiger charge is 2.14. The van der Waals surface area contributed by atoms with E-state index in [0.717, 1.165) is 6.07 Å². The average Bonchev–Trinajstić information content (AvgIpc) is 2.07. The molecule has 4 nitrogen and oxygen atoms in total. The minimum absolute atomic E-state index is 0.0972. The topological polar surface area (TPSA) is 69.2 Å². The number of halogens is 1. The molecule has 76 valence electrons. The number of nitrogens with zero attached hydrogens (tertiary/aromatic N) is 1. The summed E-state index contributed by atoms with van der Waals surface area (Å²) in [4.78, 5) is 9.66. The summed E-state index contributed by atoms with van der Waals surface area (Å²) in [5.74, 6) is -0.816. The molecule has 1 atom stereocenters. The largest absolute Gasteiger partial charge is 0.328 e. The van der Waals surface area contributed by atoms with Gasteiger partial charge in [0.25, 0.3) is 0 Å². The standard InChI is InChI=1S/C9H11FN2O2/c1-6(11)4-7-2-3-8(10)9(5-7)12(13)14/h2-3,5-6H,4,11H2,1H3/t6-/m0/s1. The Hall–Kier alpha value is -1.49. The van der Waals surface area contributed by atoms with Crippen molar-refractivity contribution in [3.05, 3.63) is 39.7 Å². The van der Waals surface area contributed by atoms with E-state index >= 15 is 0 Å². The Morgan fingerprint density at radius 2 is 2.29 bits per heavy atom. The maximum absolute atomic E-state index is 12.9. The molecule has 0 saturated carbocycles. The lowest BCUT2D eigenvalue weighted by Gasteiger charge is -2.04. The number of nitro groups is 1. The van der Waals surface area contributed by atoms with Gasteiger partial charge in [-0.1, -0.05) is 6.07 Å². The predicted octanol–water partition coefficient (Wildman–Crippen LogP) is 1.62. The first-order chi connectivity index (χ1) is 6.50. The Labute approximate surface area is 80.7 Å². The first kappa shape index (κ1) is 10.6. The van der Waals surface area contributed by atoms with Crippen molar-refractivity contribution in [1.29, 1.82) is 0 Å². The smallest absolute Gasteiger partial charge is 0.305 e. The Kier molecular flexibility index (Phi) is 3.14. The van der Waals surface area contributed by atoms with Crippen molar-refractivity contribution < 1.29 is 9.31 Å². The van der Waals surface area contributed by atoms with Gasteiger partial charge in [0.1, 0.15) is 0 Å². The highest BCUT2D eigenvalue weighted by atomic mass is 19.1. The maximum Gasteiger partial charge on any atom is 0.305 e. The Balaban J connectivity index is 3.00.